The van der Waals surface area contributed by atoms with E-state index in [1.54, 1.807) is 23.7 Å². The van der Waals surface area contributed by atoms with Gasteiger partial charge in [-0.1, -0.05) is 6.07 Å². The minimum absolute atomic E-state index is 0.0138. The molecule has 0 unspecified atom stereocenters. The molecule has 26 heavy (non-hydrogen) atoms. The average molecular weight is 372 g/mol. The Balaban J connectivity index is 1.34. The normalized spacial score (nSPS) is 22.5. The highest BCUT2D eigenvalue weighted by molar-refractivity contribution is 7.13. The summed E-state index contributed by atoms with van der Waals surface area (Å²) in [5.41, 5.74) is 0.553. The number of nitrogens with zero attached hydrogens (tertiary/aromatic N) is 4. The van der Waals surface area contributed by atoms with Gasteiger partial charge in [0.05, 0.1) is 16.5 Å². The number of amides is 1. The summed E-state index contributed by atoms with van der Waals surface area (Å²) >= 11 is 1.59. The Labute approximate surface area is 157 Å². The van der Waals surface area contributed by atoms with Crippen LogP contribution in [0.1, 0.15) is 36.0 Å². The first-order valence-corrected chi connectivity index (χ1v) is 10.2. The van der Waals surface area contributed by atoms with Crippen LogP contribution in [0, 0.1) is 0 Å². The van der Waals surface area contributed by atoms with E-state index in [0.717, 1.165) is 56.7 Å². The smallest absolute Gasteiger partial charge is 0.256 e. The van der Waals surface area contributed by atoms with Crippen molar-refractivity contribution in [3.8, 4) is 10.7 Å². The maximum atomic E-state index is 12.7. The molecule has 1 N–H and O–H groups in total. The minimum Gasteiger partial charge on any atom is -0.392 e. The molecule has 4 heterocycles. The van der Waals surface area contributed by atoms with Crippen LogP contribution in [-0.2, 0) is 0 Å². The van der Waals surface area contributed by atoms with Gasteiger partial charge >= 0.3 is 0 Å². The molecular weight excluding hydrogens is 348 g/mol. The van der Waals surface area contributed by atoms with E-state index in [-0.39, 0.29) is 12.0 Å². The molecule has 6 nitrogen and oxygen atoms in total. The van der Waals surface area contributed by atoms with E-state index in [2.05, 4.69) is 14.9 Å². The second kappa shape index (κ2) is 7.82. The first-order chi connectivity index (χ1) is 12.7. The second-order valence-corrected chi connectivity index (χ2v) is 8.03. The molecule has 2 aromatic rings. The van der Waals surface area contributed by atoms with Gasteiger partial charge in [-0.2, -0.15) is 0 Å². The molecule has 0 aromatic carbocycles. The van der Waals surface area contributed by atoms with Crippen LogP contribution in [0.25, 0.3) is 10.7 Å². The molecule has 2 fully saturated rings. The number of piperidine rings is 2. The molecule has 0 spiro atoms. The van der Waals surface area contributed by atoms with Crippen molar-refractivity contribution in [3.05, 3.63) is 35.5 Å². The van der Waals surface area contributed by atoms with Crippen molar-refractivity contribution in [1.82, 2.24) is 19.8 Å². The lowest BCUT2D eigenvalue weighted by atomic mass is 9.98. The molecule has 7 heteroatoms. The van der Waals surface area contributed by atoms with Crippen molar-refractivity contribution < 1.29 is 9.90 Å². The summed E-state index contributed by atoms with van der Waals surface area (Å²) in [4.78, 5) is 26.7. The number of aliphatic hydroxyl groups excluding tert-OH is 1. The van der Waals surface area contributed by atoms with E-state index in [0.29, 0.717) is 17.4 Å². The fourth-order valence-electron chi connectivity index (χ4n) is 3.90. The number of aliphatic hydroxyl groups is 1. The molecule has 0 bridgehead atoms. The fraction of sp³-hybridized carbons (Fsp3) is 0.526. The zero-order chi connectivity index (χ0) is 17.9. The van der Waals surface area contributed by atoms with E-state index in [9.17, 15) is 9.90 Å². The number of thiophene rings is 1. The number of hydrogen-bond donors (Lipinski definition) is 1. The number of carbonyl (C=O) groups excluding carboxylic acids is 1. The highest BCUT2D eigenvalue weighted by Crippen LogP contribution is 2.23. The number of aromatic nitrogens is 2. The van der Waals surface area contributed by atoms with Crippen LogP contribution >= 0.6 is 11.3 Å². The summed E-state index contributed by atoms with van der Waals surface area (Å²) in [6.07, 6.45) is 6.99. The van der Waals surface area contributed by atoms with Crippen molar-refractivity contribution in [2.45, 2.75) is 37.8 Å². The molecule has 1 amide bonds. The quantitative estimate of drug-likeness (QED) is 0.895. The highest BCUT2D eigenvalue weighted by atomic mass is 32.1. The first kappa shape index (κ1) is 17.6. The fourth-order valence-corrected chi connectivity index (χ4v) is 4.57. The van der Waals surface area contributed by atoms with Gasteiger partial charge in [-0.15, -0.1) is 11.3 Å². The van der Waals surface area contributed by atoms with Gasteiger partial charge in [0.2, 0.25) is 0 Å². The summed E-state index contributed by atoms with van der Waals surface area (Å²) < 4.78 is 0. The Morgan fingerprint density at radius 3 is 2.58 bits per heavy atom. The van der Waals surface area contributed by atoms with Crippen LogP contribution in [-0.4, -0.2) is 69.1 Å². The molecule has 0 saturated carbocycles. The SMILES string of the molecule is O=C(c1cnc(-c2cccs2)nc1)N1CCC(N2CCC[C@H](O)C2)CC1. The molecule has 2 aliphatic rings. The second-order valence-electron chi connectivity index (χ2n) is 7.09. The Morgan fingerprint density at radius 2 is 1.92 bits per heavy atom. The molecule has 2 aromatic heterocycles. The van der Waals surface area contributed by atoms with Gasteiger partial charge in [-0.05, 0) is 43.7 Å². The van der Waals surface area contributed by atoms with Gasteiger partial charge in [-0.25, -0.2) is 9.97 Å². The molecule has 0 aliphatic carbocycles. The summed E-state index contributed by atoms with van der Waals surface area (Å²) in [7, 11) is 0. The molecule has 0 radical (unpaired) electrons. The van der Waals surface area contributed by atoms with Crippen LogP contribution in [0.4, 0.5) is 0 Å². The molecule has 2 saturated heterocycles. The van der Waals surface area contributed by atoms with Gasteiger partial charge in [0.1, 0.15) is 0 Å². The van der Waals surface area contributed by atoms with Gasteiger partial charge in [-0.3, -0.25) is 9.69 Å². The summed E-state index contributed by atoms with van der Waals surface area (Å²) in [5, 5.41) is 11.9. The lowest BCUT2D eigenvalue weighted by Gasteiger charge is -2.41. The topological polar surface area (TPSA) is 69.6 Å². The molecule has 1 atom stereocenters. The molecule has 4 rings (SSSR count). The lowest BCUT2D eigenvalue weighted by molar-refractivity contribution is 0.0240. The summed E-state index contributed by atoms with van der Waals surface area (Å²) in [6.45, 7) is 3.34. The molecule has 2 aliphatic heterocycles. The predicted octanol–water partition coefficient (Wildman–Crippen LogP) is 2.27. The Hall–Kier alpha value is -1.83. The Kier molecular flexibility index (Phi) is 5.28. The van der Waals surface area contributed by atoms with Gasteiger partial charge in [0.25, 0.3) is 5.91 Å². The highest BCUT2D eigenvalue weighted by Gasteiger charge is 2.30. The van der Waals surface area contributed by atoms with Gasteiger partial charge < -0.3 is 10.0 Å². The third-order valence-corrected chi connectivity index (χ3v) is 6.20. The molecule has 138 valence electrons. The van der Waals surface area contributed by atoms with Crippen molar-refractivity contribution in [3.63, 3.8) is 0 Å². The summed E-state index contributed by atoms with van der Waals surface area (Å²) in [5.74, 6) is 0.679. The van der Waals surface area contributed by atoms with Crippen molar-refractivity contribution in [1.29, 1.82) is 0 Å². The van der Waals surface area contributed by atoms with Crippen LogP contribution < -0.4 is 0 Å². The Morgan fingerprint density at radius 1 is 1.15 bits per heavy atom. The zero-order valence-electron chi connectivity index (χ0n) is 14.8. The number of hydrogen-bond acceptors (Lipinski definition) is 6. The largest absolute Gasteiger partial charge is 0.392 e. The van der Waals surface area contributed by atoms with Crippen LogP contribution in [0.5, 0.6) is 0 Å². The van der Waals surface area contributed by atoms with E-state index < -0.39 is 0 Å². The van der Waals surface area contributed by atoms with Crippen LogP contribution in [0.3, 0.4) is 0 Å². The number of rotatable bonds is 3. The van der Waals surface area contributed by atoms with Crippen LogP contribution in [0.15, 0.2) is 29.9 Å². The van der Waals surface area contributed by atoms with Crippen LogP contribution in [0.2, 0.25) is 0 Å². The summed E-state index contributed by atoms with van der Waals surface area (Å²) in [6, 6.07) is 4.42. The third kappa shape index (κ3) is 3.79. The van der Waals surface area contributed by atoms with Gasteiger partial charge in [0, 0.05) is 38.1 Å². The van der Waals surface area contributed by atoms with Crippen molar-refractivity contribution in [2.75, 3.05) is 26.2 Å². The van der Waals surface area contributed by atoms with Crippen molar-refractivity contribution in [2.24, 2.45) is 0 Å². The first-order valence-electron chi connectivity index (χ1n) is 9.28. The monoisotopic (exact) mass is 372 g/mol. The zero-order valence-corrected chi connectivity index (χ0v) is 15.6. The average Bonchev–Trinajstić information content (AvgIpc) is 3.23. The Bertz CT molecular complexity index is 727. The van der Waals surface area contributed by atoms with E-state index in [1.807, 2.05) is 22.4 Å². The standard InChI is InChI=1S/C19H24N4O2S/c24-16-3-1-7-23(13-16)15-5-8-22(9-6-15)19(25)14-11-20-18(21-12-14)17-4-2-10-26-17/h2,4,10-12,15-16,24H,1,3,5-9,13H2/t16-/m0/s1. The number of β-amino-alcohol motifs (C(OH)–C–C–N with tert-alkyl or cyclic N) is 1. The van der Waals surface area contributed by atoms with Crippen molar-refractivity contribution >= 4 is 17.2 Å². The minimum atomic E-state index is -0.192. The maximum Gasteiger partial charge on any atom is 0.256 e. The number of carbonyl (C=O) groups is 1. The van der Waals surface area contributed by atoms with E-state index >= 15 is 0 Å². The predicted molar refractivity (Wildman–Crippen MR) is 101 cm³/mol. The van der Waals surface area contributed by atoms with E-state index in [1.165, 1.54) is 0 Å². The third-order valence-electron chi connectivity index (χ3n) is 5.34. The number of likely N-dealkylation sites (tertiary alicyclic amines) is 2. The lowest BCUT2D eigenvalue weighted by Crippen LogP contribution is -2.50. The maximum absolute atomic E-state index is 12.7. The molecular formula is C19H24N4O2S. The van der Waals surface area contributed by atoms with E-state index in [4.69, 9.17) is 0 Å². The van der Waals surface area contributed by atoms with Gasteiger partial charge in [0.15, 0.2) is 5.82 Å².